The van der Waals surface area contributed by atoms with Gasteiger partial charge in [-0.25, -0.2) is 18.4 Å². The second-order valence-corrected chi connectivity index (χ2v) is 7.60. The molecule has 0 aromatic heterocycles. The van der Waals surface area contributed by atoms with Crippen molar-refractivity contribution in [2.45, 2.75) is 24.0 Å². The minimum Gasteiger partial charge on any atom is -0.331 e. The van der Waals surface area contributed by atoms with Gasteiger partial charge < -0.3 is 10.6 Å². The molecule has 0 unspecified atom stereocenters. The van der Waals surface area contributed by atoms with E-state index in [1.165, 1.54) is 30.3 Å². The Morgan fingerprint density at radius 2 is 1.74 bits per heavy atom. The van der Waals surface area contributed by atoms with Gasteiger partial charge in [0.25, 0.3) is 0 Å². The van der Waals surface area contributed by atoms with Crippen LogP contribution in [0.2, 0.25) is 5.02 Å². The Balaban J connectivity index is 2.07. The molecule has 0 aliphatic heterocycles. The largest absolute Gasteiger partial charge is 0.417 e. The standard InChI is InChI=1S/C16H15ClF3N3O3S/c1-9(10-2-5-12(6-3-10)27(21,25)26)22-15(24)23-11-4-7-14(17)13(8-11)16(18,19)20/h2-9H,1H3,(H2,21,25,26)(H2,22,23,24)/t9-/m1/s1. The highest BCUT2D eigenvalue weighted by molar-refractivity contribution is 7.89. The first kappa shape index (κ1) is 21.0. The number of halogens is 4. The number of primary sulfonamides is 1. The molecule has 2 aromatic rings. The van der Waals surface area contributed by atoms with Crippen molar-refractivity contribution in [2.24, 2.45) is 5.14 Å². The maximum atomic E-state index is 12.8. The van der Waals surface area contributed by atoms with Crippen LogP contribution in [0.1, 0.15) is 24.1 Å². The molecule has 0 fully saturated rings. The summed E-state index contributed by atoms with van der Waals surface area (Å²) in [6, 6.07) is 7.22. The van der Waals surface area contributed by atoms with Crippen molar-refractivity contribution in [3.63, 3.8) is 0 Å². The van der Waals surface area contributed by atoms with E-state index in [1.54, 1.807) is 6.92 Å². The molecular formula is C16H15ClF3N3O3S. The molecule has 4 N–H and O–H groups in total. The molecule has 1 atom stereocenters. The van der Waals surface area contributed by atoms with Gasteiger partial charge >= 0.3 is 12.2 Å². The lowest BCUT2D eigenvalue weighted by atomic mass is 10.1. The summed E-state index contributed by atoms with van der Waals surface area (Å²) in [5, 5.41) is 9.35. The van der Waals surface area contributed by atoms with Crippen molar-refractivity contribution in [3.8, 4) is 0 Å². The average molecular weight is 422 g/mol. The van der Waals surface area contributed by atoms with Crippen LogP contribution >= 0.6 is 11.6 Å². The summed E-state index contributed by atoms with van der Waals surface area (Å²) in [5.41, 5.74) is -0.570. The fourth-order valence-electron chi connectivity index (χ4n) is 2.21. The first-order valence-corrected chi connectivity index (χ1v) is 9.37. The molecule has 2 rings (SSSR count). The van der Waals surface area contributed by atoms with Gasteiger partial charge in [0, 0.05) is 5.69 Å². The molecule has 0 spiro atoms. The van der Waals surface area contributed by atoms with Gasteiger partial charge in [0.15, 0.2) is 0 Å². The van der Waals surface area contributed by atoms with Crippen LogP contribution in [0, 0.1) is 0 Å². The Labute approximate surface area is 158 Å². The summed E-state index contributed by atoms with van der Waals surface area (Å²) in [7, 11) is -3.83. The molecule has 2 aromatic carbocycles. The quantitative estimate of drug-likeness (QED) is 0.698. The molecule has 0 radical (unpaired) electrons. The molecule has 2 amide bonds. The van der Waals surface area contributed by atoms with Gasteiger partial charge in [-0.1, -0.05) is 23.7 Å². The zero-order valence-electron chi connectivity index (χ0n) is 13.8. The summed E-state index contributed by atoms with van der Waals surface area (Å²) in [6.07, 6.45) is -4.65. The van der Waals surface area contributed by atoms with Crippen LogP contribution < -0.4 is 15.8 Å². The Morgan fingerprint density at radius 3 is 2.26 bits per heavy atom. The number of nitrogens with one attached hydrogen (secondary N) is 2. The van der Waals surface area contributed by atoms with E-state index >= 15 is 0 Å². The highest BCUT2D eigenvalue weighted by Gasteiger charge is 2.33. The molecule has 0 aliphatic carbocycles. The number of sulfonamides is 1. The maximum Gasteiger partial charge on any atom is 0.417 e. The van der Waals surface area contributed by atoms with Crippen molar-refractivity contribution < 1.29 is 26.4 Å². The third-order valence-corrected chi connectivity index (χ3v) is 4.84. The number of urea groups is 1. The number of anilines is 1. The SMILES string of the molecule is C[C@@H](NC(=O)Nc1ccc(Cl)c(C(F)(F)F)c1)c1ccc(S(N)(=O)=O)cc1. The van der Waals surface area contributed by atoms with E-state index < -0.39 is 38.9 Å². The van der Waals surface area contributed by atoms with E-state index in [9.17, 15) is 26.4 Å². The Kier molecular flexibility index (Phi) is 6.03. The molecule has 146 valence electrons. The first-order chi connectivity index (χ1) is 12.4. The predicted molar refractivity (Wildman–Crippen MR) is 94.8 cm³/mol. The zero-order valence-corrected chi connectivity index (χ0v) is 15.4. The Bertz CT molecular complexity index is 948. The van der Waals surface area contributed by atoms with E-state index in [1.807, 2.05) is 0 Å². The predicted octanol–water partition coefficient (Wildman–Crippen LogP) is 3.89. The Hall–Kier alpha value is -2.30. The number of benzene rings is 2. The van der Waals surface area contributed by atoms with Crippen molar-refractivity contribution in [1.29, 1.82) is 0 Å². The van der Waals surface area contributed by atoms with Gasteiger partial charge in [-0.2, -0.15) is 13.2 Å². The second kappa shape index (κ2) is 7.75. The summed E-state index contributed by atoms with van der Waals surface area (Å²) in [4.78, 5) is 11.9. The highest BCUT2D eigenvalue weighted by Crippen LogP contribution is 2.36. The molecule has 0 aliphatic rings. The average Bonchev–Trinajstić information content (AvgIpc) is 2.54. The number of nitrogens with two attached hydrogens (primary N) is 1. The molecule has 0 heterocycles. The number of carbonyl (C=O) groups excluding carboxylic acids is 1. The van der Waals surface area contributed by atoms with Crippen LogP contribution in [0.3, 0.4) is 0 Å². The number of rotatable bonds is 4. The van der Waals surface area contributed by atoms with Crippen LogP contribution in [-0.4, -0.2) is 14.4 Å². The lowest BCUT2D eigenvalue weighted by Gasteiger charge is -2.16. The van der Waals surface area contributed by atoms with E-state index in [2.05, 4.69) is 10.6 Å². The lowest BCUT2D eigenvalue weighted by Crippen LogP contribution is -2.31. The zero-order chi connectivity index (χ0) is 20.4. The minimum absolute atomic E-state index is 0.0799. The maximum absolute atomic E-state index is 12.8. The van der Waals surface area contributed by atoms with Crippen LogP contribution in [-0.2, 0) is 16.2 Å². The minimum atomic E-state index is -4.65. The smallest absolute Gasteiger partial charge is 0.331 e. The molecule has 0 saturated heterocycles. The van der Waals surface area contributed by atoms with Crippen molar-refractivity contribution >= 4 is 33.3 Å². The van der Waals surface area contributed by atoms with Gasteiger partial charge in [-0.05, 0) is 42.8 Å². The van der Waals surface area contributed by atoms with Gasteiger partial charge in [0.2, 0.25) is 10.0 Å². The highest BCUT2D eigenvalue weighted by atomic mass is 35.5. The van der Waals surface area contributed by atoms with Gasteiger partial charge in [0.1, 0.15) is 0 Å². The Morgan fingerprint density at radius 1 is 1.15 bits per heavy atom. The van der Waals surface area contributed by atoms with Crippen LogP contribution in [0.25, 0.3) is 0 Å². The normalized spacial score (nSPS) is 13.1. The third-order valence-electron chi connectivity index (χ3n) is 3.59. The summed E-state index contributed by atoms with van der Waals surface area (Å²) < 4.78 is 61.0. The molecule has 11 heteroatoms. The number of hydrogen-bond acceptors (Lipinski definition) is 3. The lowest BCUT2D eigenvalue weighted by molar-refractivity contribution is -0.137. The molecule has 6 nitrogen and oxygen atoms in total. The van der Waals surface area contributed by atoms with Crippen molar-refractivity contribution in [3.05, 3.63) is 58.6 Å². The third kappa shape index (κ3) is 5.59. The van der Waals surface area contributed by atoms with E-state index in [0.717, 1.165) is 12.1 Å². The topological polar surface area (TPSA) is 101 Å². The van der Waals surface area contributed by atoms with Gasteiger partial charge in [-0.15, -0.1) is 0 Å². The molecule has 0 saturated carbocycles. The molecular weight excluding hydrogens is 407 g/mol. The fourth-order valence-corrected chi connectivity index (χ4v) is 2.95. The summed E-state index contributed by atoms with van der Waals surface area (Å²) in [5.74, 6) is 0. The van der Waals surface area contributed by atoms with Crippen LogP contribution in [0.4, 0.5) is 23.7 Å². The van der Waals surface area contributed by atoms with Crippen LogP contribution in [0.5, 0.6) is 0 Å². The van der Waals surface area contributed by atoms with Crippen molar-refractivity contribution in [2.75, 3.05) is 5.32 Å². The second-order valence-electron chi connectivity index (χ2n) is 5.63. The monoisotopic (exact) mass is 421 g/mol. The van der Waals surface area contributed by atoms with Gasteiger partial charge in [-0.3, -0.25) is 0 Å². The number of alkyl halides is 3. The number of hydrogen-bond donors (Lipinski definition) is 3. The molecule has 27 heavy (non-hydrogen) atoms. The fraction of sp³-hybridized carbons (Fsp3) is 0.188. The summed E-state index contributed by atoms with van der Waals surface area (Å²) >= 11 is 5.53. The van der Waals surface area contributed by atoms with E-state index in [4.69, 9.17) is 16.7 Å². The number of amides is 2. The first-order valence-electron chi connectivity index (χ1n) is 7.45. The number of carbonyl (C=O) groups is 1. The summed E-state index contributed by atoms with van der Waals surface area (Å²) in [6.45, 7) is 1.62. The van der Waals surface area contributed by atoms with E-state index in [-0.39, 0.29) is 10.6 Å². The van der Waals surface area contributed by atoms with Crippen LogP contribution in [0.15, 0.2) is 47.4 Å². The molecule has 0 bridgehead atoms. The van der Waals surface area contributed by atoms with Crippen molar-refractivity contribution in [1.82, 2.24) is 5.32 Å². The van der Waals surface area contributed by atoms with E-state index in [0.29, 0.717) is 5.56 Å². The van der Waals surface area contributed by atoms with Gasteiger partial charge in [0.05, 0.1) is 21.5 Å².